The van der Waals surface area contributed by atoms with Crippen molar-refractivity contribution in [3.05, 3.63) is 58.9 Å². The highest BCUT2D eigenvalue weighted by Gasteiger charge is 2.13. The number of Topliss-reactive ketones (excluding diaryl/α,β-unsaturated/α-hetero) is 1. The van der Waals surface area contributed by atoms with Crippen LogP contribution in [0, 0.1) is 6.92 Å². The van der Waals surface area contributed by atoms with E-state index in [9.17, 15) is 9.59 Å². The average molecular weight is 243 g/mol. The van der Waals surface area contributed by atoms with Gasteiger partial charge in [0.15, 0.2) is 5.78 Å². The van der Waals surface area contributed by atoms with Crippen molar-refractivity contribution in [2.24, 2.45) is 0 Å². The lowest BCUT2D eigenvalue weighted by Gasteiger charge is -2.03. The van der Waals surface area contributed by atoms with E-state index in [0.29, 0.717) is 5.56 Å². The zero-order chi connectivity index (χ0) is 13.1. The van der Waals surface area contributed by atoms with Gasteiger partial charge in [0.1, 0.15) is 5.69 Å². The third-order valence-corrected chi connectivity index (χ3v) is 2.85. The summed E-state index contributed by atoms with van der Waals surface area (Å²) in [6.45, 7) is 1.95. The lowest BCUT2D eigenvalue weighted by Crippen LogP contribution is -2.03. The van der Waals surface area contributed by atoms with Gasteiger partial charge in [0.25, 0.3) is 0 Å². The molecule has 1 aromatic carbocycles. The van der Waals surface area contributed by atoms with Crippen molar-refractivity contribution in [1.29, 1.82) is 0 Å². The fourth-order valence-electron chi connectivity index (χ4n) is 1.76. The lowest BCUT2D eigenvalue weighted by atomic mass is 10.0. The molecule has 0 fully saturated rings. The quantitative estimate of drug-likeness (QED) is 0.810. The molecule has 2 N–H and O–H groups in total. The summed E-state index contributed by atoms with van der Waals surface area (Å²) < 4.78 is 0. The molecule has 18 heavy (non-hydrogen) atoms. The number of carbonyl (C=O) groups is 2. The fourth-order valence-corrected chi connectivity index (χ4v) is 1.76. The number of benzene rings is 1. The summed E-state index contributed by atoms with van der Waals surface area (Å²) in [5, 5.41) is 8.77. The Kier molecular flexibility index (Phi) is 3.28. The maximum absolute atomic E-state index is 12.0. The molecular weight excluding hydrogens is 230 g/mol. The van der Waals surface area contributed by atoms with Gasteiger partial charge in [-0.1, -0.05) is 24.3 Å². The maximum atomic E-state index is 12.0. The predicted molar refractivity (Wildman–Crippen MR) is 67.0 cm³/mol. The number of rotatable bonds is 4. The second-order valence-corrected chi connectivity index (χ2v) is 4.13. The van der Waals surface area contributed by atoms with Crippen LogP contribution < -0.4 is 0 Å². The van der Waals surface area contributed by atoms with Gasteiger partial charge in [-0.05, 0) is 24.1 Å². The van der Waals surface area contributed by atoms with Gasteiger partial charge in [0.2, 0.25) is 0 Å². The van der Waals surface area contributed by atoms with E-state index >= 15 is 0 Å². The molecule has 0 saturated heterocycles. The van der Waals surface area contributed by atoms with Crippen molar-refractivity contribution in [1.82, 2.24) is 4.98 Å². The molecule has 0 aliphatic heterocycles. The molecule has 0 atom stereocenters. The third kappa shape index (κ3) is 2.48. The van der Waals surface area contributed by atoms with Gasteiger partial charge in [0, 0.05) is 18.2 Å². The molecular formula is C14H13NO3. The number of carboxylic acid groups (broad SMARTS) is 1. The van der Waals surface area contributed by atoms with Crippen molar-refractivity contribution < 1.29 is 14.7 Å². The first-order valence-corrected chi connectivity index (χ1v) is 5.57. The average Bonchev–Trinajstić information content (AvgIpc) is 2.81. The van der Waals surface area contributed by atoms with Crippen LogP contribution in [0.4, 0.5) is 0 Å². The van der Waals surface area contributed by atoms with E-state index in [1.54, 1.807) is 0 Å². The zero-order valence-electron chi connectivity index (χ0n) is 9.93. The Labute approximate surface area is 104 Å². The van der Waals surface area contributed by atoms with Crippen molar-refractivity contribution in [3.8, 4) is 0 Å². The van der Waals surface area contributed by atoms with Gasteiger partial charge in [-0.25, -0.2) is 4.79 Å². The van der Waals surface area contributed by atoms with E-state index < -0.39 is 5.97 Å². The number of nitrogens with one attached hydrogen (secondary N) is 1. The summed E-state index contributed by atoms with van der Waals surface area (Å²) in [6, 6.07) is 9.01. The summed E-state index contributed by atoms with van der Waals surface area (Å²) >= 11 is 0. The Morgan fingerprint density at radius 2 is 2.00 bits per heavy atom. The van der Waals surface area contributed by atoms with E-state index in [2.05, 4.69) is 4.98 Å². The number of hydrogen-bond acceptors (Lipinski definition) is 2. The minimum Gasteiger partial charge on any atom is -0.477 e. The van der Waals surface area contributed by atoms with Crippen LogP contribution in [0.5, 0.6) is 0 Å². The van der Waals surface area contributed by atoms with Crippen molar-refractivity contribution in [3.63, 3.8) is 0 Å². The van der Waals surface area contributed by atoms with Gasteiger partial charge >= 0.3 is 5.97 Å². The Morgan fingerprint density at radius 3 is 2.61 bits per heavy atom. The molecule has 0 saturated carbocycles. The molecule has 0 bridgehead atoms. The van der Waals surface area contributed by atoms with Crippen LogP contribution in [-0.4, -0.2) is 21.8 Å². The number of aromatic amines is 1. The highest BCUT2D eigenvalue weighted by molar-refractivity contribution is 5.99. The normalized spacial score (nSPS) is 10.3. The van der Waals surface area contributed by atoms with E-state index in [1.165, 1.54) is 12.3 Å². The topological polar surface area (TPSA) is 70.2 Å². The SMILES string of the molecule is Cc1ccccc1CC(=O)c1c[nH]c(C(=O)O)c1. The number of H-pyrrole nitrogens is 1. The van der Waals surface area contributed by atoms with E-state index in [1.807, 2.05) is 31.2 Å². The molecule has 0 amide bonds. The molecule has 1 heterocycles. The van der Waals surface area contributed by atoms with Crippen molar-refractivity contribution in [2.45, 2.75) is 13.3 Å². The van der Waals surface area contributed by atoms with Crippen LogP contribution in [0.15, 0.2) is 36.5 Å². The number of aromatic carboxylic acids is 1. The molecule has 1 aromatic heterocycles. The Bertz CT molecular complexity index is 599. The van der Waals surface area contributed by atoms with Crippen LogP contribution in [0.3, 0.4) is 0 Å². The predicted octanol–water partition coefficient (Wildman–Crippen LogP) is 2.45. The molecule has 0 aliphatic rings. The summed E-state index contributed by atoms with van der Waals surface area (Å²) in [5.41, 5.74) is 2.44. The van der Waals surface area contributed by atoms with Gasteiger partial charge in [-0.15, -0.1) is 0 Å². The van der Waals surface area contributed by atoms with Crippen molar-refractivity contribution >= 4 is 11.8 Å². The first kappa shape index (κ1) is 12.1. The lowest BCUT2D eigenvalue weighted by molar-refractivity contribution is 0.0691. The molecule has 4 nitrogen and oxygen atoms in total. The van der Waals surface area contributed by atoms with E-state index in [-0.39, 0.29) is 17.9 Å². The van der Waals surface area contributed by atoms with Gasteiger partial charge < -0.3 is 10.1 Å². The summed E-state index contributed by atoms with van der Waals surface area (Å²) in [5.74, 6) is -1.15. The molecule has 0 unspecified atom stereocenters. The van der Waals surface area contributed by atoms with Gasteiger partial charge in [-0.2, -0.15) is 0 Å². The molecule has 92 valence electrons. The maximum Gasteiger partial charge on any atom is 0.352 e. The van der Waals surface area contributed by atoms with Crippen LogP contribution >= 0.6 is 0 Å². The number of carbonyl (C=O) groups excluding carboxylic acids is 1. The number of hydrogen-bond donors (Lipinski definition) is 2. The number of aromatic nitrogens is 1. The monoisotopic (exact) mass is 243 g/mol. The molecule has 2 rings (SSSR count). The second kappa shape index (κ2) is 4.87. The van der Waals surface area contributed by atoms with Crippen LogP contribution in [0.1, 0.15) is 32.0 Å². The van der Waals surface area contributed by atoms with Gasteiger partial charge in [-0.3, -0.25) is 4.79 Å². The van der Waals surface area contributed by atoms with Gasteiger partial charge in [0.05, 0.1) is 0 Å². The molecule has 2 aromatic rings. The first-order valence-electron chi connectivity index (χ1n) is 5.57. The summed E-state index contributed by atoms with van der Waals surface area (Å²) in [7, 11) is 0. The van der Waals surface area contributed by atoms with Crippen molar-refractivity contribution in [2.75, 3.05) is 0 Å². The highest BCUT2D eigenvalue weighted by atomic mass is 16.4. The smallest absolute Gasteiger partial charge is 0.352 e. The van der Waals surface area contributed by atoms with Crippen LogP contribution in [0.2, 0.25) is 0 Å². The second-order valence-electron chi connectivity index (χ2n) is 4.13. The molecule has 0 spiro atoms. The standard InChI is InChI=1S/C14H13NO3/c1-9-4-2-3-5-10(9)7-13(16)11-6-12(14(17)18)15-8-11/h2-6,8,15H,7H2,1H3,(H,17,18). The zero-order valence-corrected chi connectivity index (χ0v) is 9.93. The number of carboxylic acids is 1. The van der Waals surface area contributed by atoms with E-state index in [4.69, 9.17) is 5.11 Å². The van der Waals surface area contributed by atoms with Crippen LogP contribution in [0.25, 0.3) is 0 Å². The minimum atomic E-state index is -1.06. The Morgan fingerprint density at radius 1 is 1.28 bits per heavy atom. The highest BCUT2D eigenvalue weighted by Crippen LogP contribution is 2.12. The largest absolute Gasteiger partial charge is 0.477 e. The Balaban J connectivity index is 2.17. The molecule has 0 radical (unpaired) electrons. The first-order chi connectivity index (χ1) is 8.58. The molecule has 0 aliphatic carbocycles. The third-order valence-electron chi connectivity index (χ3n) is 2.85. The fraction of sp³-hybridized carbons (Fsp3) is 0.143. The Hall–Kier alpha value is -2.36. The molecule has 4 heteroatoms. The van der Waals surface area contributed by atoms with Crippen LogP contribution in [-0.2, 0) is 6.42 Å². The summed E-state index contributed by atoms with van der Waals surface area (Å²) in [6.07, 6.45) is 1.72. The number of ketones is 1. The number of aryl methyl sites for hydroxylation is 1. The summed E-state index contributed by atoms with van der Waals surface area (Å²) in [4.78, 5) is 25.3. The minimum absolute atomic E-state index is 0.0307. The van der Waals surface area contributed by atoms with E-state index in [0.717, 1.165) is 11.1 Å².